The van der Waals surface area contributed by atoms with E-state index in [1.807, 2.05) is 0 Å². The maximum atomic E-state index is 13.6. The van der Waals surface area contributed by atoms with Crippen molar-refractivity contribution < 1.29 is 9.53 Å². The molecule has 0 heterocycles. The zero-order valence-corrected chi connectivity index (χ0v) is 18.3. The van der Waals surface area contributed by atoms with Gasteiger partial charge in [0.05, 0.1) is 5.92 Å². The second-order valence-corrected chi connectivity index (χ2v) is 11.3. The molecule has 28 heavy (non-hydrogen) atoms. The van der Waals surface area contributed by atoms with Crippen LogP contribution in [0.3, 0.4) is 0 Å². The molecule has 7 unspecified atom stereocenters. The van der Waals surface area contributed by atoms with Crippen molar-refractivity contribution in [3.8, 4) is 0 Å². The lowest BCUT2D eigenvalue weighted by Gasteiger charge is -2.41. The molecule has 5 aliphatic carbocycles. The Morgan fingerprint density at radius 2 is 1.54 bits per heavy atom. The second-order valence-electron chi connectivity index (χ2n) is 11.3. The molecule has 0 amide bonds. The Bertz CT molecular complexity index is 571. The third kappa shape index (κ3) is 2.99. The summed E-state index contributed by atoms with van der Waals surface area (Å²) in [6, 6.07) is 0. The van der Waals surface area contributed by atoms with Crippen molar-refractivity contribution in [1.82, 2.24) is 0 Å². The number of hydrogen-bond acceptors (Lipinski definition) is 2. The van der Waals surface area contributed by atoms with Gasteiger partial charge in [0.2, 0.25) is 0 Å². The van der Waals surface area contributed by atoms with Gasteiger partial charge in [-0.3, -0.25) is 4.79 Å². The fourth-order valence-electron chi connectivity index (χ4n) is 9.14. The molecule has 2 heteroatoms. The number of ether oxygens (including phenoxy) is 1. The van der Waals surface area contributed by atoms with E-state index in [2.05, 4.69) is 13.8 Å². The number of hydrogen-bond donors (Lipinski definition) is 0. The van der Waals surface area contributed by atoms with Gasteiger partial charge in [-0.2, -0.15) is 0 Å². The van der Waals surface area contributed by atoms with Crippen LogP contribution >= 0.6 is 0 Å². The lowest BCUT2D eigenvalue weighted by atomic mass is 9.70. The van der Waals surface area contributed by atoms with Crippen molar-refractivity contribution in [1.29, 1.82) is 0 Å². The standard InChI is InChI=1S/C26H42O2/c1-3-17-14-18(4-2)24-21-15-19(23(17)24)16-22(21)25(27)28-26(12-8-9-13-26)20-10-6-5-7-11-20/h17-24H,3-16H2,1-2H3. The van der Waals surface area contributed by atoms with Crippen molar-refractivity contribution in [2.75, 3.05) is 0 Å². The molecule has 5 rings (SSSR count). The smallest absolute Gasteiger partial charge is 0.309 e. The molecule has 2 nitrogen and oxygen atoms in total. The van der Waals surface area contributed by atoms with E-state index in [-0.39, 0.29) is 17.5 Å². The number of esters is 1. The molecule has 0 aromatic rings. The van der Waals surface area contributed by atoms with E-state index in [4.69, 9.17) is 4.74 Å². The quantitative estimate of drug-likeness (QED) is 0.487. The molecule has 0 radical (unpaired) electrons. The van der Waals surface area contributed by atoms with Crippen molar-refractivity contribution in [2.45, 2.75) is 109 Å². The van der Waals surface area contributed by atoms with Gasteiger partial charge in [0.15, 0.2) is 0 Å². The lowest BCUT2D eigenvalue weighted by Crippen LogP contribution is -2.44. The van der Waals surface area contributed by atoms with Crippen LogP contribution in [0.1, 0.15) is 104 Å². The maximum Gasteiger partial charge on any atom is 0.309 e. The Hall–Kier alpha value is -0.530. The number of carbonyl (C=O) groups excluding carboxylic acids is 1. The van der Waals surface area contributed by atoms with Crippen LogP contribution in [-0.4, -0.2) is 11.6 Å². The predicted octanol–water partition coefficient (Wildman–Crippen LogP) is 6.77. The Morgan fingerprint density at radius 1 is 0.857 bits per heavy atom. The summed E-state index contributed by atoms with van der Waals surface area (Å²) in [5.74, 6) is 6.16. The van der Waals surface area contributed by atoms with E-state index >= 15 is 0 Å². The Balaban J connectivity index is 1.31. The topological polar surface area (TPSA) is 26.3 Å². The first-order valence-corrected chi connectivity index (χ1v) is 12.9. The number of carbonyl (C=O) groups is 1. The highest BCUT2D eigenvalue weighted by molar-refractivity contribution is 5.74. The van der Waals surface area contributed by atoms with Gasteiger partial charge < -0.3 is 4.74 Å². The van der Waals surface area contributed by atoms with Crippen molar-refractivity contribution >= 4 is 5.97 Å². The van der Waals surface area contributed by atoms with Gasteiger partial charge in [-0.25, -0.2) is 0 Å². The van der Waals surface area contributed by atoms with Crippen LogP contribution in [0.2, 0.25) is 0 Å². The third-order valence-corrected chi connectivity index (χ3v) is 10.3. The summed E-state index contributed by atoms with van der Waals surface area (Å²) >= 11 is 0. The van der Waals surface area contributed by atoms with Crippen molar-refractivity contribution in [2.24, 2.45) is 47.3 Å². The zero-order valence-electron chi connectivity index (χ0n) is 18.3. The molecule has 0 aromatic heterocycles. The summed E-state index contributed by atoms with van der Waals surface area (Å²) in [5, 5.41) is 0. The summed E-state index contributed by atoms with van der Waals surface area (Å²) in [5.41, 5.74) is -0.0788. The Labute approximate surface area is 172 Å². The Morgan fingerprint density at radius 3 is 2.21 bits per heavy atom. The molecule has 5 fully saturated rings. The summed E-state index contributed by atoms with van der Waals surface area (Å²) in [7, 11) is 0. The van der Waals surface area contributed by atoms with Gasteiger partial charge in [0.1, 0.15) is 5.60 Å². The van der Waals surface area contributed by atoms with Gasteiger partial charge >= 0.3 is 5.97 Å². The van der Waals surface area contributed by atoms with Gasteiger partial charge in [-0.15, -0.1) is 0 Å². The first kappa shape index (κ1) is 19.4. The molecule has 158 valence electrons. The fraction of sp³-hybridized carbons (Fsp3) is 0.962. The predicted molar refractivity (Wildman–Crippen MR) is 113 cm³/mol. The largest absolute Gasteiger partial charge is 0.459 e. The van der Waals surface area contributed by atoms with E-state index in [0.29, 0.717) is 11.8 Å². The average molecular weight is 387 g/mol. The monoisotopic (exact) mass is 386 g/mol. The van der Waals surface area contributed by atoms with Crippen LogP contribution < -0.4 is 0 Å². The van der Waals surface area contributed by atoms with Crippen LogP contribution in [-0.2, 0) is 9.53 Å². The molecule has 7 atom stereocenters. The second kappa shape index (κ2) is 7.62. The fourth-order valence-corrected chi connectivity index (χ4v) is 9.14. The molecular weight excluding hydrogens is 344 g/mol. The molecule has 0 aromatic carbocycles. The lowest BCUT2D eigenvalue weighted by molar-refractivity contribution is -0.175. The first-order valence-electron chi connectivity index (χ1n) is 12.9. The summed E-state index contributed by atoms with van der Waals surface area (Å²) in [4.78, 5) is 13.6. The Kier molecular flexibility index (Phi) is 5.29. The molecule has 0 N–H and O–H groups in total. The molecule has 0 aliphatic heterocycles. The highest BCUT2D eigenvalue weighted by atomic mass is 16.6. The van der Waals surface area contributed by atoms with Crippen molar-refractivity contribution in [3.63, 3.8) is 0 Å². The zero-order chi connectivity index (χ0) is 19.3. The van der Waals surface area contributed by atoms with Crippen LogP contribution in [0, 0.1) is 47.3 Å². The normalized spacial score (nSPS) is 44.7. The minimum absolute atomic E-state index is 0.0788. The molecule has 2 bridgehead atoms. The van der Waals surface area contributed by atoms with E-state index in [1.54, 1.807) is 0 Å². The number of rotatable bonds is 5. The first-order chi connectivity index (χ1) is 13.7. The maximum absolute atomic E-state index is 13.6. The third-order valence-electron chi connectivity index (χ3n) is 10.3. The van der Waals surface area contributed by atoms with Gasteiger partial charge in [0, 0.05) is 0 Å². The molecular formula is C26H42O2. The highest BCUT2D eigenvalue weighted by Gasteiger charge is 2.61. The van der Waals surface area contributed by atoms with Crippen LogP contribution in [0.4, 0.5) is 0 Å². The summed E-state index contributed by atoms with van der Waals surface area (Å²) < 4.78 is 6.61. The number of fused-ring (bicyclic) bond motifs is 5. The molecule has 0 saturated heterocycles. The van der Waals surface area contributed by atoms with E-state index < -0.39 is 0 Å². The SMILES string of the molecule is CCC1CC(CC)C2C3CC(CC3C(=O)OC3(C4CCCCC4)CCCC3)C12. The van der Waals surface area contributed by atoms with Gasteiger partial charge in [-0.05, 0) is 99.2 Å². The highest BCUT2D eigenvalue weighted by Crippen LogP contribution is 2.66. The summed E-state index contributed by atoms with van der Waals surface area (Å²) in [6.45, 7) is 4.78. The van der Waals surface area contributed by atoms with E-state index in [1.165, 1.54) is 70.6 Å². The van der Waals surface area contributed by atoms with Gasteiger partial charge in [-0.1, -0.05) is 46.0 Å². The van der Waals surface area contributed by atoms with Gasteiger partial charge in [0.25, 0.3) is 0 Å². The minimum atomic E-state index is -0.0788. The van der Waals surface area contributed by atoms with E-state index in [9.17, 15) is 4.79 Å². The van der Waals surface area contributed by atoms with Crippen LogP contribution in [0.5, 0.6) is 0 Å². The summed E-state index contributed by atoms with van der Waals surface area (Å²) in [6.07, 6.45) is 18.1. The molecule has 5 aliphatic rings. The average Bonchev–Trinajstić information content (AvgIpc) is 3.49. The minimum Gasteiger partial charge on any atom is -0.459 e. The molecule has 0 spiro atoms. The van der Waals surface area contributed by atoms with Crippen LogP contribution in [0.25, 0.3) is 0 Å². The van der Waals surface area contributed by atoms with Crippen LogP contribution in [0.15, 0.2) is 0 Å². The van der Waals surface area contributed by atoms with Crippen molar-refractivity contribution in [3.05, 3.63) is 0 Å². The van der Waals surface area contributed by atoms with E-state index in [0.717, 1.165) is 48.9 Å². The molecule has 5 saturated carbocycles.